The normalized spacial score (nSPS) is 11.9. The molecule has 3 nitrogen and oxygen atoms in total. The van der Waals surface area contributed by atoms with E-state index >= 15 is 0 Å². The van der Waals surface area contributed by atoms with Crippen molar-refractivity contribution in [2.24, 2.45) is 5.16 Å². The molecule has 0 saturated heterocycles. The van der Waals surface area contributed by atoms with Crippen LogP contribution in [0.2, 0.25) is 5.02 Å². The summed E-state index contributed by atoms with van der Waals surface area (Å²) in [6.07, 6.45) is 0. The van der Waals surface area contributed by atoms with Crippen molar-refractivity contribution in [2.45, 2.75) is 0 Å². The first kappa shape index (κ1) is 11.8. The lowest BCUT2D eigenvalue weighted by molar-refractivity contribution is 0.302. The Morgan fingerprint density at radius 2 is 1.79 bits per heavy atom. The number of benzene rings is 2. The molecule has 3 rings (SSSR count). The molecule has 19 heavy (non-hydrogen) atoms. The zero-order chi connectivity index (χ0) is 13.2. The molecule has 0 fully saturated rings. The summed E-state index contributed by atoms with van der Waals surface area (Å²) in [6, 6.07) is 16.5. The third-order valence-electron chi connectivity index (χ3n) is 2.87. The maximum absolute atomic E-state index is 9.14. The van der Waals surface area contributed by atoms with E-state index in [1.54, 1.807) is 24.3 Å². The van der Waals surface area contributed by atoms with Gasteiger partial charge in [0.15, 0.2) is 0 Å². The lowest BCUT2D eigenvalue weighted by atomic mass is 10.1. The summed E-state index contributed by atoms with van der Waals surface area (Å²) in [5.41, 5.74) is 1.54. The fourth-order valence-corrected chi connectivity index (χ4v) is 2.14. The zero-order valence-corrected chi connectivity index (χ0v) is 10.6. The number of halogens is 1. The Labute approximate surface area is 114 Å². The average molecular weight is 272 g/mol. The van der Waals surface area contributed by atoms with Crippen molar-refractivity contribution in [3.05, 3.63) is 65.0 Å². The van der Waals surface area contributed by atoms with Gasteiger partial charge in [0.1, 0.15) is 16.7 Å². The molecule has 0 atom stereocenters. The van der Waals surface area contributed by atoms with Crippen LogP contribution in [-0.4, -0.2) is 5.21 Å². The van der Waals surface area contributed by atoms with Crippen LogP contribution in [0.25, 0.3) is 22.3 Å². The zero-order valence-electron chi connectivity index (χ0n) is 9.88. The number of hydrogen-bond donors (Lipinski definition) is 1. The molecule has 0 aliphatic heterocycles. The Morgan fingerprint density at radius 3 is 2.53 bits per heavy atom. The standard InChI is InChI=1S/C15H10ClNO2/c16-11-6-7-14-12(8-11)13(17-18)9-15(19-14)10-4-2-1-3-5-10/h1-9,18H/b17-13+. The van der Waals surface area contributed by atoms with Gasteiger partial charge in [-0.3, -0.25) is 0 Å². The molecule has 0 spiro atoms. The molecule has 4 heteroatoms. The van der Waals surface area contributed by atoms with Crippen LogP contribution in [0, 0.1) is 0 Å². The first-order chi connectivity index (χ1) is 9.28. The van der Waals surface area contributed by atoms with E-state index in [2.05, 4.69) is 5.16 Å². The second-order valence-electron chi connectivity index (χ2n) is 4.10. The minimum absolute atomic E-state index is 0.433. The van der Waals surface area contributed by atoms with Gasteiger partial charge in [-0.05, 0) is 18.2 Å². The van der Waals surface area contributed by atoms with Crippen molar-refractivity contribution in [1.82, 2.24) is 0 Å². The van der Waals surface area contributed by atoms with Gasteiger partial charge in [-0.1, -0.05) is 47.1 Å². The molecule has 0 aliphatic carbocycles. The summed E-state index contributed by atoms with van der Waals surface area (Å²) in [5, 5.41) is 14.1. The fraction of sp³-hybridized carbons (Fsp3) is 0. The Balaban J connectivity index is 2.33. The third kappa shape index (κ3) is 2.20. The third-order valence-corrected chi connectivity index (χ3v) is 3.11. The molecule has 1 N–H and O–H groups in total. The van der Waals surface area contributed by atoms with E-state index in [1.165, 1.54) is 0 Å². The van der Waals surface area contributed by atoms with E-state index in [-0.39, 0.29) is 0 Å². The summed E-state index contributed by atoms with van der Waals surface area (Å²) in [6.45, 7) is 0. The molecular weight excluding hydrogens is 262 g/mol. The molecule has 0 saturated carbocycles. The molecule has 0 amide bonds. The number of rotatable bonds is 1. The van der Waals surface area contributed by atoms with Crippen molar-refractivity contribution in [1.29, 1.82) is 0 Å². The van der Waals surface area contributed by atoms with Gasteiger partial charge < -0.3 is 9.62 Å². The summed E-state index contributed by atoms with van der Waals surface area (Å²) in [5.74, 6) is 0.642. The van der Waals surface area contributed by atoms with Gasteiger partial charge in [-0.2, -0.15) is 0 Å². The van der Waals surface area contributed by atoms with Crippen molar-refractivity contribution in [3.8, 4) is 11.3 Å². The van der Waals surface area contributed by atoms with E-state index in [4.69, 9.17) is 21.2 Å². The minimum Gasteiger partial charge on any atom is -0.456 e. The van der Waals surface area contributed by atoms with Gasteiger partial charge in [0.2, 0.25) is 0 Å². The predicted octanol–water partition coefficient (Wildman–Crippen LogP) is 4.04. The fourth-order valence-electron chi connectivity index (χ4n) is 1.97. The average Bonchev–Trinajstić information content (AvgIpc) is 2.47. The Hall–Kier alpha value is -2.26. The van der Waals surface area contributed by atoms with Crippen LogP contribution in [-0.2, 0) is 0 Å². The lowest BCUT2D eigenvalue weighted by Gasteiger charge is -2.04. The first-order valence-electron chi connectivity index (χ1n) is 5.75. The van der Waals surface area contributed by atoms with Gasteiger partial charge in [0.25, 0.3) is 0 Å². The molecule has 0 radical (unpaired) electrons. The van der Waals surface area contributed by atoms with E-state index in [0.29, 0.717) is 27.1 Å². The number of fused-ring (bicyclic) bond motifs is 1. The summed E-state index contributed by atoms with van der Waals surface area (Å²) in [4.78, 5) is 0. The number of hydrogen-bond acceptors (Lipinski definition) is 3. The molecule has 1 heterocycles. The van der Waals surface area contributed by atoms with E-state index in [0.717, 1.165) is 5.56 Å². The maximum Gasteiger partial charge on any atom is 0.137 e. The van der Waals surface area contributed by atoms with Crippen molar-refractivity contribution < 1.29 is 9.62 Å². The van der Waals surface area contributed by atoms with Crippen LogP contribution < -0.4 is 5.36 Å². The summed E-state index contributed by atoms with van der Waals surface area (Å²) >= 11 is 5.94. The topological polar surface area (TPSA) is 45.7 Å². The molecule has 0 aliphatic rings. The number of nitrogens with zero attached hydrogens (tertiary/aromatic N) is 1. The second-order valence-corrected chi connectivity index (χ2v) is 4.54. The van der Waals surface area contributed by atoms with Crippen molar-refractivity contribution in [3.63, 3.8) is 0 Å². The monoisotopic (exact) mass is 271 g/mol. The van der Waals surface area contributed by atoms with Gasteiger partial charge in [0.05, 0.1) is 0 Å². The van der Waals surface area contributed by atoms with Gasteiger partial charge in [0, 0.05) is 22.0 Å². The Kier molecular flexibility index (Phi) is 2.97. The van der Waals surface area contributed by atoms with Crippen LogP contribution >= 0.6 is 11.6 Å². The highest BCUT2D eigenvalue weighted by atomic mass is 35.5. The van der Waals surface area contributed by atoms with Crippen LogP contribution in [0.4, 0.5) is 0 Å². The highest BCUT2D eigenvalue weighted by molar-refractivity contribution is 6.31. The Morgan fingerprint density at radius 1 is 1.00 bits per heavy atom. The van der Waals surface area contributed by atoms with Crippen LogP contribution in [0.5, 0.6) is 0 Å². The lowest BCUT2D eigenvalue weighted by Crippen LogP contribution is -2.03. The summed E-state index contributed by atoms with van der Waals surface area (Å²) in [7, 11) is 0. The molecular formula is C15H10ClNO2. The molecule has 0 unspecified atom stereocenters. The van der Waals surface area contributed by atoms with E-state index < -0.39 is 0 Å². The quantitative estimate of drug-likeness (QED) is 0.536. The second kappa shape index (κ2) is 4.78. The molecule has 2 aromatic carbocycles. The van der Waals surface area contributed by atoms with E-state index in [9.17, 15) is 0 Å². The van der Waals surface area contributed by atoms with Crippen molar-refractivity contribution >= 4 is 22.6 Å². The van der Waals surface area contributed by atoms with Gasteiger partial charge >= 0.3 is 0 Å². The highest BCUT2D eigenvalue weighted by Crippen LogP contribution is 2.23. The Bertz CT molecular complexity index is 794. The predicted molar refractivity (Wildman–Crippen MR) is 74.0 cm³/mol. The maximum atomic E-state index is 9.14. The largest absolute Gasteiger partial charge is 0.456 e. The highest BCUT2D eigenvalue weighted by Gasteiger charge is 2.06. The molecule has 3 aromatic rings. The first-order valence-corrected chi connectivity index (χ1v) is 6.12. The van der Waals surface area contributed by atoms with Crippen molar-refractivity contribution in [2.75, 3.05) is 0 Å². The van der Waals surface area contributed by atoms with Crippen LogP contribution in [0.3, 0.4) is 0 Å². The van der Waals surface area contributed by atoms with E-state index in [1.807, 2.05) is 30.3 Å². The van der Waals surface area contributed by atoms with Crippen LogP contribution in [0.15, 0.2) is 64.2 Å². The van der Waals surface area contributed by atoms with Crippen LogP contribution in [0.1, 0.15) is 0 Å². The molecule has 94 valence electrons. The van der Waals surface area contributed by atoms with Gasteiger partial charge in [-0.25, -0.2) is 0 Å². The summed E-state index contributed by atoms with van der Waals surface area (Å²) < 4.78 is 5.82. The minimum atomic E-state index is 0.433. The van der Waals surface area contributed by atoms with Gasteiger partial charge in [-0.15, -0.1) is 0 Å². The molecule has 0 bridgehead atoms. The molecule has 1 aromatic heterocycles. The smallest absolute Gasteiger partial charge is 0.137 e. The SMILES string of the molecule is O/N=c1\cc(-c2ccccc2)oc2ccc(Cl)cc12.